The molecule has 3 heteroatoms. The van der Waals surface area contributed by atoms with Crippen molar-refractivity contribution in [1.29, 1.82) is 0 Å². The first-order valence-electron chi connectivity index (χ1n) is 5.53. The third-order valence-electron chi connectivity index (χ3n) is 3.02. The quantitative estimate of drug-likeness (QED) is 0.733. The lowest BCUT2D eigenvalue weighted by Gasteiger charge is -2.15. The normalized spacial score (nSPS) is 24.4. The van der Waals surface area contributed by atoms with E-state index >= 15 is 0 Å². The van der Waals surface area contributed by atoms with Crippen LogP contribution in [0.25, 0.3) is 0 Å². The molecule has 0 aliphatic carbocycles. The second-order valence-electron chi connectivity index (χ2n) is 4.12. The molecule has 0 N–H and O–H groups in total. The van der Waals surface area contributed by atoms with E-state index in [1.54, 1.807) is 19.2 Å². The van der Waals surface area contributed by atoms with Gasteiger partial charge in [0.15, 0.2) is 5.78 Å². The molecule has 86 valence electrons. The van der Waals surface area contributed by atoms with Crippen molar-refractivity contribution in [2.24, 2.45) is 5.92 Å². The van der Waals surface area contributed by atoms with Crippen LogP contribution >= 0.6 is 0 Å². The highest BCUT2D eigenvalue weighted by atomic mass is 16.5. The molecular formula is C13H16O3. The summed E-state index contributed by atoms with van der Waals surface area (Å²) in [6, 6.07) is 7.28. The average molecular weight is 220 g/mol. The van der Waals surface area contributed by atoms with Gasteiger partial charge in [-0.2, -0.15) is 0 Å². The Morgan fingerprint density at radius 1 is 1.44 bits per heavy atom. The fourth-order valence-corrected chi connectivity index (χ4v) is 2.03. The Kier molecular flexibility index (Phi) is 3.25. The molecule has 0 spiro atoms. The maximum Gasteiger partial charge on any atom is 0.195 e. The number of benzene rings is 1. The predicted molar refractivity (Wildman–Crippen MR) is 60.8 cm³/mol. The van der Waals surface area contributed by atoms with Gasteiger partial charge in [-0.3, -0.25) is 4.79 Å². The number of ketones is 1. The lowest BCUT2D eigenvalue weighted by molar-refractivity contribution is 0.0576. The van der Waals surface area contributed by atoms with Crippen molar-refractivity contribution in [3.8, 4) is 5.75 Å². The van der Waals surface area contributed by atoms with E-state index in [0.717, 1.165) is 6.42 Å². The number of ether oxygens (including phenoxy) is 2. The molecule has 1 aliphatic rings. The highest BCUT2D eigenvalue weighted by Crippen LogP contribution is 2.27. The number of para-hydroxylation sites is 1. The maximum absolute atomic E-state index is 12.2. The van der Waals surface area contributed by atoms with E-state index < -0.39 is 0 Å². The maximum atomic E-state index is 12.2. The molecule has 1 aromatic rings. The number of hydrogen-bond acceptors (Lipinski definition) is 3. The Morgan fingerprint density at radius 3 is 2.81 bits per heavy atom. The minimum Gasteiger partial charge on any atom is -0.496 e. The van der Waals surface area contributed by atoms with Crippen molar-refractivity contribution in [2.75, 3.05) is 13.7 Å². The van der Waals surface area contributed by atoms with Crippen molar-refractivity contribution in [3.05, 3.63) is 29.8 Å². The zero-order valence-electron chi connectivity index (χ0n) is 9.60. The average Bonchev–Trinajstić information content (AvgIpc) is 2.74. The van der Waals surface area contributed by atoms with Gasteiger partial charge < -0.3 is 9.47 Å². The monoisotopic (exact) mass is 220 g/mol. The summed E-state index contributed by atoms with van der Waals surface area (Å²) in [6.45, 7) is 2.72. The summed E-state index contributed by atoms with van der Waals surface area (Å²) >= 11 is 0. The first-order chi connectivity index (χ1) is 7.74. The van der Waals surface area contributed by atoms with Gasteiger partial charge in [0.2, 0.25) is 0 Å². The van der Waals surface area contributed by atoms with Crippen LogP contribution < -0.4 is 4.74 Å². The van der Waals surface area contributed by atoms with Gasteiger partial charge in [0.1, 0.15) is 11.9 Å². The van der Waals surface area contributed by atoms with Crippen molar-refractivity contribution in [1.82, 2.24) is 0 Å². The summed E-state index contributed by atoms with van der Waals surface area (Å²) in [5.41, 5.74) is 0.615. The molecule has 1 aromatic carbocycles. The molecular weight excluding hydrogens is 204 g/mol. The van der Waals surface area contributed by atoms with Crippen LogP contribution in [0.5, 0.6) is 5.75 Å². The first-order valence-corrected chi connectivity index (χ1v) is 5.53. The smallest absolute Gasteiger partial charge is 0.195 e. The van der Waals surface area contributed by atoms with E-state index in [2.05, 4.69) is 0 Å². The number of methoxy groups -OCH3 is 1. The number of hydrogen-bond donors (Lipinski definition) is 0. The van der Waals surface area contributed by atoms with Gasteiger partial charge in [-0.1, -0.05) is 19.1 Å². The lowest BCUT2D eigenvalue weighted by Crippen LogP contribution is -2.25. The minimum atomic E-state index is -0.309. The third-order valence-corrected chi connectivity index (χ3v) is 3.02. The van der Waals surface area contributed by atoms with E-state index in [1.807, 2.05) is 19.1 Å². The van der Waals surface area contributed by atoms with Crippen LogP contribution in [0.2, 0.25) is 0 Å². The third kappa shape index (κ3) is 1.95. The Labute approximate surface area is 95.4 Å². The summed E-state index contributed by atoms with van der Waals surface area (Å²) in [4.78, 5) is 12.2. The van der Waals surface area contributed by atoms with Crippen LogP contribution in [0.15, 0.2) is 24.3 Å². The van der Waals surface area contributed by atoms with Gasteiger partial charge in [-0.15, -0.1) is 0 Å². The molecule has 1 fully saturated rings. The lowest BCUT2D eigenvalue weighted by atomic mass is 9.96. The number of Topliss-reactive ketones (excluding diaryl/α,β-unsaturated/α-hetero) is 1. The van der Waals surface area contributed by atoms with Crippen molar-refractivity contribution in [3.63, 3.8) is 0 Å². The standard InChI is InChI=1S/C13H16O3/c1-9-7-8-16-13(9)12(14)10-5-3-4-6-11(10)15-2/h3-6,9,13H,7-8H2,1-2H3. The van der Waals surface area contributed by atoms with Gasteiger partial charge >= 0.3 is 0 Å². The molecule has 3 nitrogen and oxygen atoms in total. The minimum absolute atomic E-state index is 0.0300. The molecule has 2 unspecified atom stereocenters. The van der Waals surface area contributed by atoms with E-state index in [9.17, 15) is 4.79 Å². The molecule has 16 heavy (non-hydrogen) atoms. The molecule has 1 heterocycles. The molecule has 2 atom stereocenters. The highest BCUT2D eigenvalue weighted by molar-refractivity contribution is 6.02. The van der Waals surface area contributed by atoms with Gasteiger partial charge in [-0.25, -0.2) is 0 Å². The van der Waals surface area contributed by atoms with Crippen LogP contribution in [0.4, 0.5) is 0 Å². The molecule has 0 bridgehead atoms. The second-order valence-corrected chi connectivity index (χ2v) is 4.12. The van der Waals surface area contributed by atoms with E-state index in [1.165, 1.54) is 0 Å². The van der Waals surface area contributed by atoms with Crippen molar-refractivity contribution >= 4 is 5.78 Å². The zero-order valence-corrected chi connectivity index (χ0v) is 9.60. The number of rotatable bonds is 3. The summed E-state index contributed by atoms with van der Waals surface area (Å²) < 4.78 is 10.7. The fourth-order valence-electron chi connectivity index (χ4n) is 2.03. The molecule has 0 saturated carbocycles. The molecule has 1 saturated heterocycles. The Morgan fingerprint density at radius 2 is 2.19 bits per heavy atom. The summed E-state index contributed by atoms with van der Waals surface area (Å²) in [7, 11) is 1.57. The predicted octanol–water partition coefficient (Wildman–Crippen LogP) is 2.30. The number of carbonyl (C=O) groups excluding carboxylic acids is 1. The Bertz CT molecular complexity index is 387. The molecule has 2 rings (SSSR count). The molecule has 1 aliphatic heterocycles. The van der Waals surface area contributed by atoms with Crippen LogP contribution in [0, 0.1) is 5.92 Å². The number of carbonyl (C=O) groups is 1. The first kappa shape index (κ1) is 11.1. The van der Waals surface area contributed by atoms with Crippen molar-refractivity contribution in [2.45, 2.75) is 19.4 Å². The fraction of sp³-hybridized carbons (Fsp3) is 0.462. The second kappa shape index (κ2) is 4.66. The molecule has 0 aromatic heterocycles. The summed E-state index contributed by atoms with van der Waals surface area (Å²) in [5, 5.41) is 0. The van der Waals surface area contributed by atoms with Gasteiger partial charge in [0, 0.05) is 6.61 Å². The van der Waals surface area contributed by atoms with Crippen molar-refractivity contribution < 1.29 is 14.3 Å². The largest absolute Gasteiger partial charge is 0.496 e. The summed E-state index contributed by atoms with van der Waals surface area (Å²) in [6.07, 6.45) is 0.641. The van der Waals surface area contributed by atoms with E-state index in [-0.39, 0.29) is 17.8 Å². The van der Waals surface area contributed by atoms with Crippen LogP contribution in [-0.4, -0.2) is 25.6 Å². The van der Waals surface area contributed by atoms with Gasteiger partial charge in [0.05, 0.1) is 12.7 Å². The van der Waals surface area contributed by atoms with Crippen LogP contribution in [0.3, 0.4) is 0 Å². The van der Waals surface area contributed by atoms with Gasteiger partial charge in [-0.05, 0) is 24.5 Å². The Balaban J connectivity index is 2.26. The SMILES string of the molecule is COc1ccccc1C(=O)C1OCCC1C. The molecule has 0 amide bonds. The van der Waals surface area contributed by atoms with E-state index in [0.29, 0.717) is 17.9 Å². The van der Waals surface area contributed by atoms with E-state index in [4.69, 9.17) is 9.47 Å². The Hall–Kier alpha value is -1.35. The molecule has 0 radical (unpaired) electrons. The summed E-state index contributed by atoms with van der Waals surface area (Å²) in [5.74, 6) is 0.940. The van der Waals surface area contributed by atoms with Gasteiger partial charge in [0.25, 0.3) is 0 Å². The topological polar surface area (TPSA) is 35.5 Å². The zero-order chi connectivity index (χ0) is 11.5. The van der Waals surface area contributed by atoms with Crippen LogP contribution in [-0.2, 0) is 4.74 Å². The highest BCUT2D eigenvalue weighted by Gasteiger charge is 2.32. The van der Waals surface area contributed by atoms with Crippen LogP contribution in [0.1, 0.15) is 23.7 Å².